The van der Waals surface area contributed by atoms with Crippen LogP contribution in [-0.4, -0.2) is 30.6 Å². The second-order valence-electron chi connectivity index (χ2n) is 6.16. The summed E-state index contributed by atoms with van der Waals surface area (Å²) in [5.41, 5.74) is 1.93. The molecule has 1 aromatic rings. The van der Waals surface area contributed by atoms with Gasteiger partial charge in [-0.05, 0) is 69.8 Å². The number of nitrogens with one attached hydrogen (secondary N) is 1. The zero-order valence-corrected chi connectivity index (χ0v) is 13.1. The number of hydrogen-bond acceptors (Lipinski definition) is 3. The molecule has 0 radical (unpaired) electrons. The minimum Gasteiger partial charge on any atom is -0.311 e. The summed E-state index contributed by atoms with van der Waals surface area (Å²) in [7, 11) is 2.15. The highest BCUT2D eigenvalue weighted by Gasteiger charge is 2.47. The van der Waals surface area contributed by atoms with E-state index in [1.54, 1.807) is 5.56 Å². The van der Waals surface area contributed by atoms with E-state index in [9.17, 15) is 0 Å². The Kier molecular flexibility index (Phi) is 3.97. The lowest BCUT2D eigenvalue weighted by Crippen LogP contribution is -2.53. The lowest BCUT2D eigenvalue weighted by Gasteiger charge is -2.45. The van der Waals surface area contributed by atoms with Crippen LogP contribution in [-0.2, 0) is 0 Å². The van der Waals surface area contributed by atoms with Gasteiger partial charge in [0.15, 0.2) is 0 Å². The number of nitrogens with zero attached hydrogens (tertiary/aromatic N) is 1. The monoisotopic (exact) mass is 278 g/mol. The number of hydrogen-bond donors (Lipinski definition) is 1. The quantitative estimate of drug-likeness (QED) is 0.903. The third-order valence-electron chi connectivity index (χ3n) is 5.24. The molecule has 2 aliphatic rings. The smallest absolute Gasteiger partial charge is 0.0515 e. The molecule has 0 bridgehead atoms. The highest BCUT2D eigenvalue weighted by molar-refractivity contribution is 7.10. The number of thiophene rings is 1. The Morgan fingerprint density at radius 1 is 1.21 bits per heavy atom. The van der Waals surface area contributed by atoms with Crippen molar-refractivity contribution < 1.29 is 0 Å². The molecule has 1 aliphatic heterocycles. The lowest BCUT2D eigenvalue weighted by atomic mass is 9.82. The molecule has 1 saturated heterocycles. The molecule has 1 saturated carbocycles. The molecule has 2 fully saturated rings. The van der Waals surface area contributed by atoms with Gasteiger partial charge in [0.2, 0.25) is 0 Å². The summed E-state index contributed by atoms with van der Waals surface area (Å²) in [5.74, 6) is 0. The second kappa shape index (κ2) is 5.55. The summed E-state index contributed by atoms with van der Waals surface area (Å²) < 4.78 is 0. The summed E-state index contributed by atoms with van der Waals surface area (Å²) in [6.07, 6.45) is 8.32. The zero-order chi connectivity index (χ0) is 13.3. The fourth-order valence-electron chi connectivity index (χ4n) is 4.35. The summed E-state index contributed by atoms with van der Waals surface area (Å²) in [4.78, 5) is 4.29. The van der Waals surface area contributed by atoms with Gasteiger partial charge in [-0.25, -0.2) is 0 Å². The van der Waals surface area contributed by atoms with Crippen molar-refractivity contribution >= 4 is 11.3 Å². The van der Waals surface area contributed by atoms with Crippen LogP contribution in [0.2, 0.25) is 0 Å². The Hall–Kier alpha value is -0.380. The molecule has 2 nitrogen and oxygen atoms in total. The van der Waals surface area contributed by atoms with Crippen LogP contribution in [0.25, 0.3) is 0 Å². The van der Waals surface area contributed by atoms with Crippen molar-refractivity contribution in [2.75, 3.05) is 20.1 Å². The molecule has 1 N–H and O–H groups in total. The van der Waals surface area contributed by atoms with E-state index in [1.807, 2.05) is 11.3 Å². The predicted molar refractivity (Wildman–Crippen MR) is 82.9 cm³/mol. The van der Waals surface area contributed by atoms with Crippen LogP contribution in [0.1, 0.15) is 55.0 Å². The number of rotatable bonds is 4. The van der Waals surface area contributed by atoms with Gasteiger partial charge in [-0.15, -0.1) is 11.3 Å². The van der Waals surface area contributed by atoms with Crippen molar-refractivity contribution in [3.8, 4) is 0 Å². The van der Waals surface area contributed by atoms with E-state index < -0.39 is 0 Å². The number of aryl methyl sites for hydroxylation is 1. The van der Waals surface area contributed by atoms with Crippen molar-refractivity contribution in [1.82, 2.24) is 10.2 Å². The van der Waals surface area contributed by atoms with E-state index in [2.05, 4.69) is 35.6 Å². The van der Waals surface area contributed by atoms with E-state index in [0.29, 0.717) is 11.6 Å². The normalized spacial score (nSPS) is 24.9. The van der Waals surface area contributed by atoms with E-state index in [-0.39, 0.29) is 0 Å². The third kappa shape index (κ3) is 2.26. The molecule has 3 heteroatoms. The molecule has 1 aliphatic carbocycles. The van der Waals surface area contributed by atoms with Crippen molar-refractivity contribution in [3.05, 3.63) is 21.9 Å². The first-order valence-electron chi connectivity index (χ1n) is 7.74. The van der Waals surface area contributed by atoms with Crippen molar-refractivity contribution in [1.29, 1.82) is 0 Å². The van der Waals surface area contributed by atoms with E-state index >= 15 is 0 Å². The van der Waals surface area contributed by atoms with Crippen molar-refractivity contribution in [2.45, 2.75) is 57.0 Å². The molecule has 1 unspecified atom stereocenters. The molecule has 106 valence electrons. The maximum atomic E-state index is 3.67. The van der Waals surface area contributed by atoms with Gasteiger partial charge < -0.3 is 5.32 Å². The Morgan fingerprint density at radius 3 is 2.42 bits per heavy atom. The van der Waals surface area contributed by atoms with Crippen LogP contribution in [0.5, 0.6) is 0 Å². The fraction of sp³-hybridized carbons (Fsp3) is 0.750. The minimum absolute atomic E-state index is 0.386. The van der Waals surface area contributed by atoms with Crippen LogP contribution >= 0.6 is 11.3 Å². The van der Waals surface area contributed by atoms with E-state index in [0.717, 1.165) is 0 Å². The molecule has 0 spiro atoms. The average molecular weight is 278 g/mol. The van der Waals surface area contributed by atoms with Crippen LogP contribution in [0.15, 0.2) is 11.4 Å². The Balaban J connectivity index is 1.95. The van der Waals surface area contributed by atoms with Gasteiger partial charge in [0.1, 0.15) is 0 Å². The molecule has 19 heavy (non-hydrogen) atoms. The third-order valence-corrected chi connectivity index (χ3v) is 6.10. The van der Waals surface area contributed by atoms with Gasteiger partial charge in [-0.2, -0.15) is 0 Å². The Bertz CT molecular complexity index is 414. The highest BCUT2D eigenvalue weighted by atomic mass is 32.1. The summed E-state index contributed by atoms with van der Waals surface area (Å²) in [6, 6.07) is 2.86. The largest absolute Gasteiger partial charge is 0.311 e. The highest BCUT2D eigenvalue weighted by Crippen LogP contribution is 2.46. The van der Waals surface area contributed by atoms with E-state index in [4.69, 9.17) is 0 Å². The standard InChI is InChI=1S/C16H26N2S/c1-13-14(7-12-19-13)15(17-2)16(8-3-4-9-16)18-10-5-6-11-18/h7,12,15,17H,3-6,8-11H2,1-2H3. The van der Waals surface area contributed by atoms with Gasteiger partial charge in [0.25, 0.3) is 0 Å². The molecular formula is C16H26N2S. The summed E-state index contributed by atoms with van der Waals surface area (Å²) in [5, 5.41) is 5.92. The molecule has 1 atom stereocenters. The first-order chi connectivity index (χ1) is 9.28. The first-order valence-corrected chi connectivity index (χ1v) is 8.62. The van der Waals surface area contributed by atoms with Crippen molar-refractivity contribution in [3.63, 3.8) is 0 Å². The molecule has 0 amide bonds. The van der Waals surface area contributed by atoms with Crippen LogP contribution < -0.4 is 5.32 Å². The van der Waals surface area contributed by atoms with Crippen LogP contribution in [0.3, 0.4) is 0 Å². The number of likely N-dealkylation sites (tertiary alicyclic amines) is 1. The average Bonchev–Trinajstić information content (AvgIpc) is 3.12. The van der Waals surface area contributed by atoms with Gasteiger partial charge in [-0.3, -0.25) is 4.90 Å². The van der Waals surface area contributed by atoms with Crippen LogP contribution in [0, 0.1) is 6.92 Å². The van der Waals surface area contributed by atoms with Gasteiger partial charge >= 0.3 is 0 Å². The summed E-state index contributed by atoms with van der Waals surface area (Å²) >= 11 is 1.89. The molecular weight excluding hydrogens is 252 g/mol. The zero-order valence-electron chi connectivity index (χ0n) is 12.2. The molecule has 2 heterocycles. The van der Waals surface area contributed by atoms with Gasteiger partial charge in [0, 0.05) is 10.4 Å². The van der Waals surface area contributed by atoms with Gasteiger partial charge in [-0.1, -0.05) is 12.8 Å². The summed E-state index contributed by atoms with van der Waals surface area (Å²) in [6.45, 7) is 4.89. The maximum absolute atomic E-state index is 3.67. The Labute approximate surface area is 121 Å². The lowest BCUT2D eigenvalue weighted by molar-refractivity contribution is 0.0796. The molecule has 3 rings (SSSR count). The fourth-order valence-corrected chi connectivity index (χ4v) is 5.09. The minimum atomic E-state index is 0.386. The predicted octanol–water partition coefficient (Wildman–Crippen LogP) is 3.73. The topological polar surface area (TPSA) is 15.3 Å². The SMILES string of the molecule is CNC(c1ccsc1C)C1(N2CCCC2)CCCC1. The maximum Gasteiger partial charge on any atom is 0.0515 e. The number of likely N-dealkylation sites (N-methyl/N-ethyl adjacent to an activating group) is 1. The van der Waals surface area contributed by atoms with E-state index in [1.165, 1.54) is 56.5 Å². The van der Waals surface area contributed by atoms with Crippen LogP contribution in [0.4, 0.5) is 0 Å². The molecule has 1 aromatic heterocycles. The molecule has 0 aromatic carbocycles. The first kappa shape index (κ1) is 13.6. The second-order valence-corrected chi connectivity index (χ2v) is 7.28. The van der Waals surface area contributed by atoms with Gasteiger partial charge in [0.05, 0.1) is 6.04 Å². The Morgan fingerprint density at radius 2 is 1.89 bits per heavy atom. The van der Waals surface area contributed by atoms with Crippen molar-refractivity contribution in [2.24, 2.45) is 0 Å².